The van der Waals surface area contributed by atoms with Crippen molar-refractivity contribution in [3.63, 3.8) is 0 Å². The Kier molecular flexibility index (Phi) is 5.00. The molecule has 2 amide bonds. The van der Waals surface area contributed by atoms with E-state index in [4.69, 9.17) is 4.74 Å². The van der Waals surface area contributed by atoms with E-state index in [2.05, 4.69) is 26.8 Å². The fraction of sp³-hybridized carbons (Fsp3) is 0.579. The van der Waals surface area contributed by atoms with Gasteiger partial charge in [-0.05, 0) is 56.9 Å². The molecule has 0 aliphatic carbocycles. The number of carbonyl (C=O) groups is 2. The molecule has 0 N–H and O–H groups in total. The van der Waals surface area contributed by atoms with Crippen molar-refractivity contribution < 1.29 is 14.3 Å². The fourth-order valence-electron chi connectivity index (χ4n) is 3.91. The molecule has 25 heavy (non-hydrogen) atoms. The average Bonchev–Trinajstić information content (AvgIpc) is 2.92. The Morgan fingerprint density at radius 3 is 2.80 bits per heavy atom. The summed E-state index contributed by atoms with van der Waals surface area (Å²) in [5.74, 6) is 2.30. The topological polar surface area (TPSA) is 49.9 Å². The van der Waals surface area contributed by atoms with Gasteiger partial charge in [-0.1, -0.05) is 6.92 Å². The van der Waals surface area contributed by atoms with Gasteiger partial charge in [0, 0.05) is 11.2 Å². The van der Waals surface area contributed by atoms with Crippen LogP contribution in [-0.4, -0.2) is 47.0 Å². The highest BCUT2D eigenvalue weighted by Gasteiger charge is 2.41. The van der Waals surface area contributed by atoms with E-state index >= 15 is 0 Å². The van der Waals surface area contributed by atoms with Crippen molar-refractivity contribution in [2.24, 2.45) is 0 Å². The van der Waals surface area contributed by atoms with E-state index in [9.17, 15) is 9.59 Å². The number of hydrogen-bond acceptors (Lipinski definition) is 4. The highest BCUT2D eigenvalue weighted by atomic mass is 32.2. The van der Waals surface area contributed by atoms with Gasteiger partial charge < -0.3 is 14.5 Å². The molecule has 1 saturated heterocycles. The highest BCUT2D eigenvalue weighted by molar-refractivity contribution is 8.00. The third-order valence-electron chi connectivity index (χ3n) is 4.89. The Labute approximate surface area is 153 Å². The summed E-state index contributed by atoms with van der Waals surface area (Å²) in [5.41, 5.74) is 1.80. The van der Waals surface area contributed by atoms with E-state index < -0.39 is 0 Å². The molecular weight excluding hydrogens is 336 g/mol. The molecule has 0 saturated carbocycles. The number of ether oxygens (including phenoxy) is 1. The smallest absolute Gasteiger partial charge is 0.247 e. The van der Waals surface area contributed by atoms with Crippen molar-refractivity contribution in [3.8, 4) is 5.75 Å². The van der Waals surface area contributed by atoms with Crippen LogP contribution in [0.15, 0.2) is 18.2 Å². The first-order chi connectivity index (χ1) is 11.8. The summed E-state index contributed by atoms with van der Waals surface area (Å²) in [6, 6.07) is 5.96. The largest absolute Gasteiger partial charge is 0.494 e. The molecule has 0 unspecified atom stereocenters. The summed E-state index contributed by atoms with van der Waals surface area (Å²) in [7, 11) is 0. The van der Waals surface area contributed by atoms with Crippen molar-refractivity contribution in [3.05, 3.63) is 23.8 Å². The van der Waals surface area contributed by atoms with Gasteiger partial charge in [0.05, 0.1) is 18.2 Å². The van der Waals surface area contributed by atoms with Gasteiger partial charge in [0.2, 0.25) is 11.8 Å². The summed E-state index contributed by atoms with van der Waals surface area (Å²) in [4.78, 5) is 28.5. The van der Waals surface area contributed by atoms with Crippen LogP contribution in [0.3, 0.4) is 0 Å². The lowest BCUT2D eigenvalue weighted by atomic mass is 9.80. The number of thioether (sulfide) groups is 1. The van der Waals surface area contributed by atoms with Gasteiger partial charge in [0.15, 0.2) is 0 Å². The summed E-state index contributed by atoms with van der Waals surface area (Å²) >= 11 is 1.56. The number of anilines is 1. The number of carbonyl (C=O) groups excluding carboxylic acids is 2. The summed E-state index contributed by atoms with van der Waals surface area (Å²) in [5, 5.41) is 0. The predicted octanol–water partition coefficient (Wildman–Crippen LogP) is 3.24. The molecule has 2 heterocycles. The van der Waals surface area contributed by atoms with Gasteiger partial charge in [-0.3, -0.25) is 9.59 Å². The maximum atomic E-state index is 13.1. The monoisotopic (exact) mass is 362 g/mol. The van der Waals surface area contributed by atoms with Gasteiger partial charge in [-0.15, -0.1) is 11.8 Å². The minimum absolute atomic E-state index is 0.0156. The lowest BCUT2D eigenvalue weighted by Crippen LogP contribution is -2.54. The SMILES string of the molecule is CCOc1ccc2c(c1)[C@H](C)CC(C)(C)N2C(=O)CN1CSCC1=O. The molecule has 3 rings (SSSR count). The van der Waals surface area contributed by atoms with Crippen LogP contribution in [0.2, 0.25) is 0 Å². The van der Waals surface area contributed by atoms with Gasteiger partial charge in [-0.25, -0.2) is 0 Å². The zero-order valence-electron chi connectivity index (χ0n) is 15.4. The molecule has 0 spiro atoms. The van der Waals surface area contributed by atoms with Crippen molar-refractivity contribution in [2.75, 3.05) is 29.7 Å². The van der Waals surface area contributed by atoms with Crippen LogP contribution in [0.25, 0.3) is 0 Å². The second-order valence-electron chi connectivity index (χ2n) is 7.37. The van der Waals surface area contributed by atoms with Crippen molar-refractivity contribution >= 4 is 29.3 Å². The normalized spacial score (nSPS) is 22.1. The predicted molar refractivity (Wildman–Crippen MR) is 101 cm³/mol. The molecule has 1 aromatic rings. The summed E-state index contributed by atoms with van der Waals surface area (Å²) in [6.07, 6.45) is 0.879. The van der Waals surface area contributed by atoms with Crippen molar-refractivity contribution in [2.45, 2.75) is 45.6 Å². The van der Waals surface area contributed by atoms with E-state index in [0.717, 1.165) is 23.4 Å². The van der Waals surface area contributed by atoms with Crippen LogP contribution in [0.5, 0.6) is 5.75 Å². The minimum Gasteiger partial charge on any atom is -0.494 e. The third-order valence-corrected chi connectivity index (χ3v) is 5.84. The van der Waals surface area contributed by atoms with E-state index in [1.165, 1.54) is 0 Å². The van der Waals surface area contributed by atoms with E-state index in [1.54, 1.807) is 16.7 Å². The zero-order chi connectivity index (χ0) is 18.2. The van der Waals surface area contributed by atoms with Crippen LogP contribution in [0, 0.1) is 0 Å². The minimum atomic E-state index is -0.285. The van der Waals surface area contributed by atoms with Gasteiger partial charge >= 0.3 is 0 Å². The number of fused-ring (bicyclic) bond motifs is 1. The Morgan fingerprint density at radius 1 is 1.40 bits per heavy atom. The Balaban J connectivity index is 1.93. The number of benzene rings is 1. The second-order valence-corrected chi connectivity index (χ2v) is 8.32. The van der Waals surface area contributed by atoms with Crippen LogP contribution in [0.4, 0.5) is 5.69 Å². The first kappa shape index (κ1) is 18.1. The highest BCUT2D eigenvalue weighted by Crippen LogP contribution is 2.44. The third kappa shape index (κ3) is 3.50. The first-order valence-corrected chi connectivity index (χ1v) is 9.94. The molecule has 1 atom stereocenters. The van der Waals surface area contributed by atoms with Gasteiger partial charge in [0.1, 0.15) is 12.3 Å². The zero-order valence-corrected chi connectivity index (χ0v) is 16.2. The molecule has 6 heteroatoms. The van der Waals surface area contributed by atoms with Gasteiger partial charge in [-0.2, -0.15) is 0 Å². The molecule has 0 aromatic heterocycles. The molecular formula is C19H26N2O3S. The lowest BCUT2D eigenvalue weighted by molar-refractivity contribution is -0.131. The van der Waals surface area contributed by atoms with Crippen LogP contribution >= 0.6 is 11.8 Å². The van der Waals surface area contributed by atoms with Crippen LogP contribution in [-0.2, 0) is 9.59 Å². The maximum Gasteiger partial charge on any atom is 0.247 e. The molecule has 0 bridgehead atoms. The van der Waals surface area contributed by atoms with E-state index in [1.807, 2.05) is 24.0 Å². The fourth-order valence-corrected chi connectivity index (χ4v) is 4.81. The second kappa shape index (κ2) is 6.90. The van der Waals surface area contributed by atoms with Crippen LogP contribution < -0.4 is 9.64 Å². The van der Waals surface area contributed by atoms with Crippen molar-refractivity contribution in [1.29, 1.82) is 0 Å². The van der Waals surface area contributed by atoms with E-state index in [0.29, 0.717) is 24.2 Å². The Bertz CT molecular complexity index is 689. The number of amides is 2. The van der Waals surface area contributed by atoms with E-state index in [-0.39, 0.29) is 23.9 Å². The van der Waals surface area contributed by atoms with Gasteiger partial charge in [0.25, 0.3) is 0 Å². The molecule has 1 aromatic carbocycles. The molecule has 1 fully saturated rings. The molecule has 2 aliphatic heterocycles. The number of nitrogens with zero attached hydrogens (tertiary/aromatic N) is 2. The Morgan fingerprint density at radius 2 is 2.16 bits per heavy atom. The van der Waals surface area contributed by atoms with Crippen molar-refractivity contribution in [1.82, 2.24) is 4.90 Å². The first-order valence-electron chi connectivity index (χ1n) is 8.79. The summed E-state index contributed by atoms with van der Waals surface area (Å²) < 4.78 is 5.63. The van der Waals surface area contributed by atoms with Crippen LogP contribution in [0.1, 0.15) is 45.6 Å². The molecule has 136 valence electrons. The number of rotatable bonds is 4. The lowest BCUT2D eigenvalue weighted by Gasteiger charge is -2.46. The average molecular weight is 362 g/mol. The quantitative estimate of drug-likeness (QED) is 0.825. The number of hydrogen-bond donors (Lipinski definition) is 0. The maximum absolute atomic E-state index is 13.1. The standard InChI is InChI=1S/C19H26N2O3S/c1-5-24-14-6-7-16-15(8-14)13(2)9-19(3,4)21(16)17(22)10-20-12-25-11-18(20)23/h6-8,13H,5,9-12H2,1-4H3/t13-/m1/s1. The summed E-state index contributed by atoms with van der Waals surface area (Å²) in [6.45, 7) is 9.13. The molecule has 0 radical (unpaired) electrons. The Hall–Kier alpha value is -1.69. The molecule has 5 nitrogen and oxygen atoms in total. The molecule has 2 aliphatic rings.